The molecule has 0 bridgehead atoms. The van der Waals surface area contributed by atoms with E-state index < -0.39 is 0 Å². The highest BCUT2D eigenvalue weighted by atomic mass is 16.5. The van der Waals surface area contributed by atoms with Crippen LogP contribution < -0.4 is 5.49 Å². The predicted molar refractivity (Wildman–Crippen MR) is 40.7 cm³/mol. The summed E-state index contributed by atoms with van der Waals surface area (Å²) in [4.78, 5) is 3.79. The number of hydrogen-bond donors (Lipinski definition) is 2. The van der Waals surface area contributed by atoms with E-state index in [-0.39, 0.29) is 17.8 Å². The average Bonchev–Trinajstić information content (AvgIpc) is 2.11. The van der Waals surface area contributed by atoms with Gasteiger partial charge in [0, 0.05) is 7.11 Å². The molecule has 1 aromatic rings. The molecule has 0 saturated heterocycles. The first-order valence-electron chi connectivity index (χ1n) is 3.44. The molecule has 0 radical (unpaired) electrons. The maximum Gasteiger partial charge on any atom is 0.197 e. The molecule has 0 amide bonds. The Morgan fingerprint density at radius 3 is 3.08 bits per heavy atom. The Morgan fingerprint density at radius 1 is 1.85 bits per heavy atom. The minimum atomic E-state index is -0.331. The zero-order chi connectivity index (χ0) is 9.84. The fraction of sp³-hybridized carbons (Fsp3) is 0.286. The van der Waals surface area contributed by atoms with Crippen LogP contribution in [0.1, 0.15) is 11.4 Å². The summed E-state index contributed by atoms with van der Waals surface area (Å²) in [6.07, 6.45) is 1.23. The highest BCUT2D eigenvalue weighted by Gasteiger charge is 2.03. The van der Waals surface area contributed by atoms with Crippen LogP contribution in [0.2, 0.25) is 0 Å². The fourth-order valence-electron chi connectivity index (χ4n) is 0.835. The van der Waals surface area contributed by atoms with E-state index in [4.69, 9.17) is 20.6 Å². The van der Waals surface area contributed by atoms with Gasteiger partial charge in [0.15, 0.2) is 11.2 Å². The van der Waals surface area contributed by atoms with Crippen molar-refractivity contribution in [1.82, 2.24) is 9.71 Å². The number of ether oxygens (including phenoxy) is 1. The summed E-state index contributed by atoms with van der Waals surface area (Å²) in [6, 6.07) is 1.70. The van der Waals surface area contributed by atoms with Crippen molar-refractivity contribution in [3.63, 3.8) is 0 Å². The number of nitrogens with one attached hydrogen (secondary N) is 1. The molecule has 0 aromatic carbocycles. The second-order valence-electron chi connectivity index (χ2n) is 2.32. The minimum absolute atomic E-state index is 0.128. The molecule has 1 rings (SSSR count). The van der Waals surface area contributed by atoms with Gasteiger partial charge in [0.2, 0.25) is 0 Å². The van der Waals surface area contributed by atoms with E-state index >= 15 is 0 Å². The van der Waals surface area contributed by atoms with E-state index in [0.717, 1.165) is 0 Å². The van der Waals surface area contributed by atoms with Gasteiger partial charge in [0.05, 0.1) is 18.5 Å². The average molecular weight is 180 g/mol. The van der Waals surface area contributed by atoms with Gasteiger partial charge < -0.3 is 9.94 Å². The molecule has 1 aromatic heterocycles. The summed E-state index contributed by atoms with van der Waals surface area (Å²) in [5, 5.41) is 24.9. The molecule has 0 aliphatic rings. The van der Waals surface area contributed by atoms with Gasteiger partial charge in [-0.1, -0.05) is 0 Å². The zero-order valence-electron chi connectivity index (χ0n) is 6.98. The first kappa shape index (κ1) is 9.22. The van der Waals surface area contributed by atoms with Gasteiger partial charge in [-0.05, 0) is 0 Å². The molecule has 0 spiro atoms. The lowest BCUT2D eigenvalue weighted by Gasteiger charge is -2.02. The molecule has 13 heavy (non-hydrogen) atoms. The molecule has 0 atom stereocenters. The van der Waals surface area contributed by atoms with Gasteiger partial charge in [-0.2, -0.15) is 9.99 Å². The van der Waals surface area contributed by atoms with Crippen molar-refractivity contribution in [3.05, 3.63) is 23.1 Å². The maximum atomic E-state index is 9.12. The summed E-state index contributed by atoms with van der Waals surface area (Å²) in [6.45, 7) is 0.190. The van der Waals surface area contributed by atoms with Gasteiger partial charge in [-0.3, -0.25) is 5.41 Å². The predicted octanol–water partition coefficient (Wildman–Crippen LogP) is -0.382. The van der Waals surface area contributed by atoms with Crippen molar-refractivity contribution in [2.24, 2.45) is 0 Å². The van der Waals surface area contributed by atoms with Crippen LogP contribution >= 0.6 is 0 Å². The number of methoxy groups -OCH3 is 1. The van der Waals surface area contributed by atoms with Crippen LogP contribution in [0.5, 0.6) is 0 Å². The largest absolute Gasteiger partial charge is 0.427 e. The van der Waals surface area contributed by atoms with Gasteiger partial charge in [0.1, 0.15) is 6.07 Å². The Kier molecular flexibility index (Phi) is 2.62. The van der Waals surface area contributed by atoms with Crippen LogP contribution in [-0.2, 0) is 11.3 Å². The van der Waals surface area contributed by atoms with Crippen LogP contribution in [0.15, 0.2) is 6.20 Å². The third-order valence-electron chi connectivity index (χ3n) is 1.38. The first-order chi connectivity index (χ1) is 6.19. The lowest BCUT2D eigenvalue weighted by atomic mass is 10.4. The molecule has 6 nitrogen and oxygen atoms in total. The van der Waals surface area contributed by atoms with Crippen molar-refractivity contribution in [1.29, 1.82) is 10.7 Å². The molecule has 0 aliphatic heterocycles. The minimum Gasteiger partial charge on any atom is -0.427 e. The number of hydrogen-bond acceptors (Lipinski definition) is 5. The third-order valence-corrected chi connectivity index (χ3v) is 1.38. The summed E-state index contributed by atoms with van der Waals surface area (Å²) >= 11 is 0. The van der Waals surface area contributed by atoms with E-state index in [0.29, 0.717) is 10.4 Å². The molecule has 0 saturated carbocycles. The van der Waals surface area contributed by atoms with Crippen molar-refractivity contribution in [2.45, 2.75) is 6.61 Å². The SMILES string of the molecule is COCc1cn(O)c(=N)c(C#N)n1. The third kappa shape index (κ3) is 1.83. The van der Waals surface area contributed by atoms with E-state index in [1.54, 1.807) is 6.07 Å². The van der Waals surface area contributed by atoms with E-state index in [1.165, 1.54) is 13.3 Å². The first-order valence-corrected chi connectivity index (χ1v) is 3.44. The van der Waals surface area contributed by atoms with Crippen LogP contribution in [-0.4, -0.2) is 22.0 Å². The van der Waals surface area contributed by atoms with Gasteiger partial charge in [0.25, 0.3) is 0 Å². The Labute approximate surface area is 74.1 Å². The van der Waals surface area contributed by atoms with E-state index in [1.807, 2.05) is 0 Å². The lowest BCUT2D eigenvalue weighted by molar-refractivity contribution is 0.154. The second-order valence-corrected chi connectivity index (χ2v) is 2.32. The molecule has 0 aliphatic carbocycles. The van der Waals surface area contributed by atoms with Crippen molar-refractivity contribution in [3.8, 4) is 6.07 Å². The van der Waals surface area contributed by atoms with Crippen LogP contribution in [0.4, 0.5) is 0 Å². The molecule has 6 heteroatoms. The Morgan fingerprint density at radius 2 is 2.54 bits per heavy atom. The van der Waals surface area contributed by atoms with Crippen molar-refractivity contribution < 1.29 is 9.94 Å². The second kappa shape index (κ2) is 3.69. The summed E-state index contributed by atoms with van der Waals surface area (Å²) in [7, 11) is 1.48. The van der Waals surface area contributed by atoms with Crippen LogP contribution in [0, 0.1) is 16.7 Å². The molecular weight excluding hydrogens is 172 g/mol. The highest BCUT2D eigenvalue weighted by molar-refractivity contribution is 5.16. The Balaban J connectivity index is 3.24. The Hall–Kier alpha value is -1.87. The maximum absolute atomic E-state index is 9.12. The normalized spacial score (nSPS) is 9.54. The van der Waals surface area contributed by atoms with Crippen LogP contribution in [0.3, 0.4) is 0 Å². The standard InChI is InChI=1S/C7H8N4O2/c1-13-4-5-3-11(12)7(9)6(2-8)10-5/h3,9,12H,4H2,1H3. The molecule has 2 N–H and O–H groups in total. The highest BCUT2D eigenvalue weighted by Crippen LogP contribution is 1.94. The summed E-state index contributed by atoms with van der Waals surface area (Å²) in [5.41, 5.74) is -0.0584. The molecule has 0 unspecified atom stereocenters. The van der Waals surface area contributed by atoms with E-state index in [9.17, 15) is 0 Å². The monoisotopic (exact) mass is 180 g/mol. The van der Waals surface area contributed by atoms with Crippen molar-refractivity contribution >= 4 is 0 Å². The number of nitriles is 1. The lowest BCUT2D eigenvalue weighted by Crippen LogP contribution is -2.23. The smallest absolute Gasteiger partial charge is 0.197 e. The van der Waals surface area contributed by atoms with Crippen molar-refractivity contribution in [2.75, 3.05) is 7.11 Å². The number of aromatic nitrogens is 2. The fourth-order valence-corrected chi connectivity index (χ4v) is 0.835. The molecule has 1 heterocycles. The van der Waals surface area contributed by atoms with Gasteiger partial charge in [-0.25, -0.2) is 4.98 Å². The summed E-state index contributed by atoms with van der Waals surface area (Å²) in [5.74, 6) is 0. The molecule has 0 fully saturated rings. The number of rotatable bonds is 2. The van der Waals surface area contributed by atoms with E-state index in [2.05, 4.69) is 4.98 Å². The Bertz CT molecular complexity index is 404. The van der Waals surface area contributed by atoms with Gasteiger partial charge in [-0.15, -0.1) is 0 Å². The van der Waals surface area contributed by atoms with Gasteiger partial charge >= 0.3 is 0 Å². The summed E-state index contributed by atoms with van der Waals surface area (Å²) < 4.78 is 5.31. The van der Waals surface area contributed by atoms with Crippen LogP contribution in [0.25, 0.3) is 0 Å². The zero-order valence-corrected chi connectivity index (χ0v) is 6.98. The number of nitrogens with zero attached hydrogens (tertiary/aromatic N) is 3. The topological polar surface area (TPSA) is 94.9 Å². The quantitative estimate of drug-likeness (QED) is 0.606. The molecule has 68 valence electrons. The molecular formula is C7H8N4O2.